The Morgan fingerprint density at radius 1 is 1.44 bits per heavy atom. The molecule has 1 aliphatic heterocycles. The first kappa shape index (κ1) is 11.1. The lowest BCUT2D eigenvalue weighted by Crippen LogP contribution is -2.36. The minimum atomic E-state index is -0.300. The number of amides is 1. The SMILES string of the molecule is NC(=O)[C@@H]1C[C@@H](OCc2ccccc2)CN1. The van der Waals surface area contributed by atoms with Crippen LogP contribution in [0.4, 0.5) is 0 Å². The highest BCUT2D eigenvalue weighted by atomic mass is 16.5. The number of hydrogen-bond donors (Lipinski definition) is 2. The summed E-state index contributed by atoms with van der Waals surface area (Å²) in [6.45, 7) is 1.28. The third kappa shape index (κ3) is 2.81. The van der Waals surface area contributed by atoms with Gasteiger partial charge in [0, 0.05) is 6.54 Å². The first-order chi connectivity index (χ1) is 7.75. The molecule has 1 saturated heterocycles. The summed E-state index contributed by atoms with van der Waals surface area (Å²) in [6, 6.07) is 9.75. The Morgan fingerprint density at radius 3 is 2.81 bits per heavy atom. The van der Waals surface area contributed by atoms with E-state index in [0.717, 1.165) is 5.56 Å². The van der Waals surface area contributed by atoms with Gasteiger partial charge in [-0.05, 0) is 12.0 Å². The molecule has 0 unspecified atom stereocenters. The van der Waals surface area contributed by atoms with Crippen LogP contribution >= 0.6 is 0 Å². The van der Waals surface area contributed by atoms with Crippen molar-refractivity contribution < 1.29 is 9.53 Å². The summed E-state index contributed by atoms with van der Waals surface area (Å²) in [5.41, 5.74) is 6.35. The van der Waals surface area contributed by atoms with Gasteiger partial charge in [-0.15, -0.1) is 0 Å². The molecule has 1 aromatic rings. The standard InChI is InChI=1S/C12H16N2O2/c13-12(15)11-6-10(7-14-11)16-8-9-4-2-1-3-5-9/h1-5,10-11,14H,6-8H2,(H2,13,15)/t10-,11+/m1/s1. The van der Waals surface area contributed by atoms with Crippen LogP contribution in [-0.4, -0.2) is 24.6 Å². The molecule has 1 amide bonds. The Bertz CT molecular complexity index is 353. The van der Waals surface area contributed by atoms with Crippen LogP contribution in [0, 0.1) is 0 Å². The van der Waals surface area contributed by atoms with Gasteiger partial charge < -0.3 is 15.8 Å². The molecule has 0 aliphatic carbocycles. The highest BCUT2D eigenvalue weighted by Gasteiger charge is 2.28. The third-order valence-corrected chi connectivity index (χ3v) is 2.76. The number of primary amides is 1. The van der Waals surface area contributed by atoms with Gasteiger partial charge in [-0.3, -0.25) is 4.79 Å². The van der Waals surface area contributed by atoms with Crippen molar-refractivity contribution in [3.05, 3.63) is 35.9 Å². The maximum Gasteiger partial charge on any atom is 0.234 e. The Hall–Kier alpha value is -1.39. The Morgan fingerprint density at radius 2 is 2.19 bits per heavy atom. The summed E-state index contributed by atoms with van der Waals surface area (Å²) in [5, 5.41) is 3.04. The highest BCUT2D eigenvalue weighted by Crippen LogP contribution is 2.12. The van der Waals surface area contributed by atoms with Crippen LogP contribution in [0.25, 0.3) is 0 Å². The minimum Gasteiger partial charge on any atom is -0.372 e. The zero-order chi connectivity index (χ0) is 11.4. The number of carbonyl (C=O) groups is 1. The van der Waals surface area contributed by atoms with Gasteiger partial charge in [0.15, 0.2) is 0 Å². The molecule has 1 heterocycles. The van der Waals surface area contributed by atoms with Crippen molar-refractivity contribution in [2.75, 3.05) is 6.54 Å². The number of nitrogens with one attached hydrogen (secondary N) is 1. The van der Waals surface area contributed by atoms with E-state index in [4.69, 9.17) is 10.5 Å². The number of nitrogens with two attached hydrogens (primary N) is 1. The zero-order valence-corrected chi connectivity index (χ0v) is 9.06. The fourth-order valence-corrected chi connectivity index (χ4v) is 1.84. The molecule has 1 fully saturated rings. The monoisotopic (exact) mass is 220 g/mol. The van der Waals surface area contributed by atoms with Gasteiger partial charge in [0.05, 0.1) is 18.8 Å². The van der Waals surface area contributed by atoms with E-state index in [1.54, 1.807) is 0 Å². The molecule has 0 bridgehead atoms. The normalized spacial score (nSPS) is 24.5. The summed E-state index contributed by atoms with van der Waals surface area (Å²) in [6.07, 6.45) is 0.750. The quantitative estimate of drug-likeness (QED) is 0.773. The third-order valence-electron chi connectivity index (χ3n) is 2.76. The second-order valence-electron chi connectivity index (χ2n) is 4.02. The first-order valence-corrected chi connectivity index (χ1v) is 5.44. The molecule has 2 rings (SSSR count). The summed E-state index contributed by atoms with van der Waals surface area (Å²) < 4.78 is 5.70. The Kier molecular flexibility index (Phi) is 3.54. The van der Waals surface area contributed by atoms with Gasteiger partial charge in [0.25, 0.3) is 0 Å². The number of hydrogen-bond acceptors (Lipinski definition) is 3. The number of benzene rings is 1. The molecule has 1 aromatic carbocycles. The maximum absolute atomic E-state index is 10.9. The van der Waals surface area contributed by atoms with Gasteiger partial charge in [0.2, 0.25) is 5.91 Å². The molecule has 1 aliphatic rings. The van der Waals surface area contributed by atoms with Gasteiger partial charge in [-0.1, -0.05) is 30.3 Å². The molecule has 16 heavy (non-hydrogen) atoms. The average molecular weight is 220 g/mol. The molecule has 0 spiro atoms. The lowest BCUT2D eigenvalue weighted by atomic mass is 10.2. The van der Waals surface area contributed by atoms with E-state index in [2.05, 4.69) is 5.32 Å². The van der Waals surface area contributed by atoms with Crippen LogP contribution in [0.15, 0.2) is 30.3 Å². The Balaban J connectivity index is 1.78. The largest absolute Gasteiger partial charge is 0.372 e. The van der Waals surface area contributed by atoms with Crippen molar-refractivity contribution >= 4 is 5.91 Å². The van der Waals surface area contributed by atoms with Crippen LogP contribution in [0.5, 0.6) is 0 Å². The fourth-order valence-electron chi connectivity index (χ4n) is 1.84. The molecule has 4 nitrogen and oxygen atoms in total. The minimum absolute atomic E-state index is 0.0812. The predicted octanol–water partition coefficient (Wildman–Crippen LogP) is 0.419. The summed E-state index contributed by atoms with van der Waals surface area (Å²) in [5.74, 6) is -0.300. The van der Waals surface area contributed by atoms with Crippen molar-refractivity contribution in [2.24, 2.45) is 5.73 Å². The van der Waals surface area contributed by atoms with E-state index in [-0.39, 0.29) is 18.1 Å². The second kappa shape index (κ2) is 5.09. The number of rotatable bonds is 4. The first-order valence-electron chi connectivity index (χ1n) is 5.44. The zero-order valence-electron chi connectivity index (χ0n) is 9.06. The van der Waals surface area contributed by atoms with E-state index in [0.29, 0.717) is 19.6 Å². The number of carbonyl (C=O) groups excluding carboxylic acids is 1. The van der Waals surface area contributed by atoms with Crippen LogP contribution < -0.4 is 11.1 Å². The molecule has 2 atom stereocenters. The summed E-state index contributed by atoms with van der Waals surface area (Å²) in [4.78, 5) is 10.9. The molecule has 3 N–H and O–H groups in total. The van der Waals surface area contributed by atoms with Gasteiger partial charge >= 0.3 is 0 Å². The molecule has 0 saturated carbocycles. The second-order valence-corrected chi connectivity index (χ2v) is 4.02. The molecule has 86 valence electrons. The number of ether oxygens (including phenoxy) is 1. The van der Waals surface area contributed by atoms with Crippen LogP contribution in [0.3, 0.4) is 0 Å². The van der Waals surface area contributed by atoms with Crippen LogP contribution in [0.2, 0.25) is 0 Å². The molecule has 4 heteroatoms. The van der Waals surface area contributed by atoms with Crippen molar-refractivity contribution in [3.63, 3.8) is 0 Å². The average Bonchev–Trinajstić information content (AvgIpc) is 2.76. The van der Waals surface area contributed by atoms with Crippen molar-refractivity contribution in [3.8, 4) is 0 Å². The summed E-state index contributed by atoms with van der Waals surface area (Å²) in [7, 11) is 0. The van der Waals surface area contributed by atoms with E-state index in [1.165, 1.54) is 0 Å². The lowest BCUT2D eigenvalue weighted by molar-refractivity contribution is -0.119. The van der Waals surface area contributed by atoms with Crippen molar-refractivity contribution in [2.45, 2.75) is 25.2 Å². The van der Waals surface area contributed by atoms with E-state index >= 15 is 0 Å². The fraction of sp³-hybridized carbons (Fsp3) is 0.417. The summed E-state index contributed by atoms with van der Waals surface area (Å²) >= 11 is 0. The Labute approximate surface area is 94.8 Å². The highest BCUT2D eigenvalue weighted by molar-refractivity contribution is 5.80. The van der Waals surface area contributed by atoms with E-state index in [9.17, 15) is 4.79 Å². The molecule has 0 aromatic heterocycles. The van der Waals surface area contributed by atoms with Gasteiger partial charge in [0.1, 0.15) is 0 Å². The van der Waals surface area contributed by atoms with Gasteiger partial charge in [-0.25, -0.2) is 0 Å². The van der Waals surface area contributed by atoms with Crippen molar-refractivity contribution in [1.29, 1.82) is 0 Å². The predicted molar refractivity (Wildman–Crippen MR) is 60.6 cm³/mol. The van der Waals surface area contributed by atoms with E-state index in [1.807, 2.05) is 30.3 Å². The lowest BCUT2D eigenvalue weighted by Gasteiger charge is -2.10. The molecule has 0 radical (unpaired) electrons. The molecular formula is C12H16N2O2. The topological polar surface area (TPSA) is 64.4 Å². The molecular weight excluding hydrogens is 204 g/mol. The van der Waals surface area contributed by atoms with Gasteiger partial charge in [-0.2, -0.15) is 0 Å². The van der Waals surface area contributed by atoms with Crippen LogP contribution in [-0.2, 0) is 16.1 Å². The maximum atomic E-state index is 10.9. The van der Waals surface area contributed by atoms with E-state index < -0.39 is 0 Å². The van der Waals surface area contributed by atoms with Crippen molar-refractivity contribution in [1.82, 2.24) is 5.32 Å². The van der Waals surface area contributed by atoms with Crippen LogP contribution in [0.1, 0.15) is 12.0 Å². The smallest absolute Gasteiger partial charge is 0.234 e.